The highest BCUT2D eigenvalue weighted by Crippen LogP contribution is 2.40. The first-order valence-corrected chi connectivity index (χ1v) is 2.90. The van der Waals surface area contributed by atoms with Crippen LogP contribution in [0.1, 0.15) is 0 Å². The normalized spacial score (nSPS) is 37.5. The molecule has 3 N–H and O–H groups in total. The van der Waals surface area contributed by atoms with Crippen molar-refractivity contribution in [2.45, 2.75) is 9.64 Å². The maximum Gasteiger partial charge on any atom is 0.260 e. The van der Waals surface area contributed by atoms with Crippen LogP contribution in [0.15, 0.2) is 0 Å². The second-order valence-electron chi connectivity index (χ2n) is 1.44. The third kappa shape index (κ3) is 1.03. The van der Waals surface area contributed by atoms with Crippen molar-refractivity contribution in [3.05, 3.63) is 0 Å². The molecule has 1 aliphatic heterocycles. The summed E-state index contributed by atoms with van der Waals surface area (Å²) in [6, 6.07) is 0. The van der Waals surface area contributed by atoms with Crippen molar-refractivity contribution < 1.29 is 4.84 Å². The zero-order valence-corrected chi connectivity index (χ0v) is 5.89. The predicted octanol–water partition coefficient (Wildman–Crippen LogP) is 0.504. The molecule has 1 rings (SSSR count). The second-order valence-corrected chi connectivity index (χ2v) is 3.72. The van der Waals surface area contributed by atoms with Gasteiger partial charge in [0.25, 0.3) is 9.64 Å². The Kier molecular flexibility index (Phi) is 1.39. The molecule has 0 aromatic carbocycles. The highest BCUT2D eigenvalue weighted by atomic mass is 35.6. The highest BCUT2D eigenvalue weighted by molar-refractivity contribution is 6.68. The molecule has 0 aromatic heterocycles. The van der Waals surface area contributed by atoms with E-state index in [4.69, 9.17) is 40.5 Å². The number of rotatable bonds is 0. The van der Waals surface area contributed by atoms with Crippen LogP contribution in [-0.2, 0) is 4.84 Å². The molecule has 3 nitrogen and oxygen atoms in total. The van der Waals surface area contributed by atoms with Crippen LogP contribution in [-0.4, -0.2) is 9.64 Å². The van der Waals surface area contributed by atoms with Crippen molar-refractivity contribution in [1.82, 2.24) is 5.48 Å². The molecule has 0 bridgehead atoms. The molecule has 0 aromatic rings. The van der Waals surface area contributed by atoms with E-state index in [0.29, 0.717) is 0 Å². The van der Waals surface area contributed by atoms with Gasteiger partial charge in [0, 0.05) is 0 Å². The van der Waals surface area contributed by atoms with E-state index in [1.807, 2.05) is 0 Å². The lowest BCUT2D eigenvalue weighted by Crippen LogP contribution is -2.41. The van der Waals surface area contributed by atoms with E-state index < -0.39 is 9.64 Å². The molecule has 1 fully saturated rings. The molecule has 0 amide bonds. The first-order valence-electron chi connectivity index (χ1n) is 1.76. The SMILES string of the molecule is NC1(C(Cl)(Cl)Cl)NO1. The number of halogens is 3. The molecule has 1 saturated heterocycles. The fraction of sp³-hybridized carbons (Fsp3) is 1.00. The number of hydrogen-bond donors (Lipinski definition) is 2. The average molecular weight is 177 g/mol. The summed E-state index contributed by atoms with van der Waals surface area (Å²) in [6.45, 7) is 0. The summed E-state index contributed by atoms with van der Waals surface area (Å²) in [5.41, 5.74) is 7.43. The maximum absolute atomic E-state index is 5.29. The number of nitrogens with two attached hydrogens (primary N) is 1. The van der Waals surface area contributed by atoms with Gasteiger partial charge in [0.15, 0.2) is 0 Å². The summed E-state index contributed by atoms with van der Waals surface area (Å²) in [7, 11) is 0. The molecular weight excluding hydrogens is 174 g/mol. The third-order valence-corrected chi connectivity index (χ3v) is 1.59. The van der Waals surface area contributed by atoms with E-state index in [0.717, 1.165) is 0 Å². The molecule has 0 radical (unpaired) electrons. The molecule has 48 valence electrons. The molecule has 6 heteroatoms. The summed E-state index contributed by atoms with van der Waals surface area (Å²) in [4.78, 5) is 4.39. The van der Waals surface area contributed by atoms with Crippen molar-refractivity contribution in [1.29, 1.82) is 0 Å². The van der Waals surface area contributed by atoms with Crippen molar-refractivity contribution in [2.24, 2.45) is 5.73 Å². The van der Waals surface area contributed by atoms with Crippen LogP contribution in [0.4, 0.5) is 0 Å². The quantitative estimate of drug-likeness (QED) is 0.418. The molecule has 1 aliphatic rings. The molecule has 8 heavy (non-hydrogen) atoms. The van der Waals surface area contributed by atoms with Crippen molar-refractivity contribution in [3.63, 3.8) is 0 Å². The van der Waals surface area contributed by atoms with Gasteiger partial charge >= 0.3 is 0 Å². The summed E-state index contributed by atoms with van der Waals surface area (Å²) >= 11 is 15.9. The van der Waals surface area contributed by atoms with Gasteiger partial charge in [0.1, 0.15) is 0 Å². The number of hydroxylamine groups is 1. The smallest absolute Gasteiger partial charge is 0.260 e. The Morgan fingerprint density at radius 1 is 1.50 bits per heavy atom. The summed E-state index contributed by atoms with van der Waals surface area (Å²) in [5.74, 6) is -1.27. The fourth-order valence-corrected chi connectivity index (χ4v) is 0.402. The molecule has 1 atom stereocenters. The minimum atomic E-state index is -1.59. The maximum atomic E-state index is 5.29. The Morgan fingerprint density at radius 3 is 1.88 bits per heavy atom. The van der Waals surface area contributed by atoms with E-state index in [1.165, 1.54) is 0 Å². The lowest BCUT2D eigenvalue weighted by atomic mass is 10.6. The molecule has 0 saturated carbocycles. The number of hydrogen-bond acceptors (Lipinski definition) is 3. The Hall–Kier alpha value is 0.750. The Balaban J connectivity index is 2.58. The van der Waals surface area contributed by atoms with Crippen molar-refractivity contribution in [2.75, 3.05) is 0 Å². The molecule has 0 aliphatic carbocycles. The van der Waals surface area contributed by atoms with Gasteiger partial charge < -0.3 is 0 Å². The van der Waals surface area contributed by atoms with E-state index in [1.54, 1.807) is 0 Å². The van der Waals surface area contributed by atoms with E-state index in [-0.39, 0.29) is 0 Å². The van der Waals surface area contributed by atoms with Crippen LogP contribution in [0.5, 0.6) is 0 Å². The van der Waals surface area contributed by atoms with Gasteiger partial charge in [-0.2, -0.15) is 0 Å². The van der Waals surface area contributed by atoms with Crippen LogP contribution in [0.2, 0.25) is 0 Å². The molecular formula is C2H3Cl3N2O. The Morgan fingerprint density at radius 2 is 1.88 bits per heavy atom. The van der Waals surface area contributed by atoms with Gasteiger partial charge in [-0.1, -0.05) is 34.8 Å². The lowest BCUT2D eigenvalue weighted by Gasteiger charge is -2.11. The minimum absolute atomic E-state index is 1.27. The zero-order chi connectivity index (χ0) is 6.41. The second kappa shape index (κ2) is 1.62. The van der Waals surface area contributed by atoms with Gasteiger partial charge in [0.05, 0.1) is 0 Å². The molecule has 1 heterocycles. The lowest BCUT2D eigenvalue weighted by molar-refractivity contribution is 0.299. The molecule has 1 unspecified atom stereocenters. The first kappa shape index (κ1) is 6.86. The fourth-order valence-electron chi connectivity index (χ4n) is 0.171. The van der Waals surface area contributed by atoms with Crippen LogP contribution >= 0.6 is 34.8 Å². The topological polar surface area (TPSA) is 60.5 Å². The largest absolute Gasteiger partial charge is 0.284 e. The Bertz CT molecular complexity index is 103. The monoisotopic (exact) mass is 176 g/mol. The van der Waals surface area contributed by atoms with E-state index >= 15 is 0 Å². The summed E-state index contributed by atoms with van der Waals surface area (Å²) < 4.78 is -1.59. The number of nitrogens with one attached hydrogen (secondary N) is 1. The van der Waals surface area contributed by atoms with Crippen LogP contribution in [0.3, 0.4) is 0 Å². The first-order chi connectivity index (χ1) is 3.46. The van der Waals surface area contributed by atoms with Gasteiger partial charge in [0.2, 0.25) is 0 Å². The van der Waals surface area contributed by atoms with Crippen molar-refractivity contribution >= 4 is 34.8 Å². The van der Waals surface area contributed by atoms with E-state index in [2.05, 4.69) is 10.3 Å². The average Bonchev–Trinajstić information content (AvgIpc) is 2.16. The van der Waals surface area contributed by atoms with Crippen molar-refractivity contribution in [3.8, 4) is 0 Å². The summed E-state index contributed by atoms with van der Waals surface area (Å²) in [6.07, 6.45) is 0. The minimum Gasteiger partial charge on any atom is -0.284 e. The zero-order valence-electron chi connectivity index (χ0n) is 3.62. The Labute approximate surface area is 61.0 Å². The predicted molar refractivity (Wildman–Crippen MR) is 31.4 cm³/mol. The number of alkyl halides is 3. The van der Waals surface area contributed by atoms with Crippen LogP contribution in [0, 0.1) is 0 Å². The van der Waals surface area contributed by atoms with Gasteiger partial charge in [-0.15, -0.1) is 5.48 Å². The molecule has 0 spiro atoms. The highest BCUT2D eigenvalue weighted by Gasteiger charge is 2.58. The summed E-state index contributed by atoms with van der Waals surface area (Å²) in [5, 5.41) is 0. The van der Waals surface area contributed by atoms with Crippen LogP contribution < -0.4 is 11.2 Å². The standard InChI is InChI=1S/C2H3Cl3N2O/c3-1(4,5)2(6)7-8-2/h7H,6H2. The van der Waals surface area contributed by atoms with Gasteiger partial charge in [-0.05, 0) is 0 Å². The van der Waals surface area contributed by atoms with Gasteiger partial charge in [-0.25, -0.2) is 0 Å². The third-order valence-electron chi connectivity index (χ3n) is 0.743. The van der Waals surface area contributed by atoms with E-state index in [9.17, 15) is 0 Å². The van der Waals surface area contributed by atoms with Gasteiger partial charge in [-0.3, -0.25) is 10.6 Å². The van der Waals surface area contributed by atoms with Crippen LogP contribution in [0.25, 0.3) is 0 Å².